The van der Waals surface area contributed by atoms with Gasteiger partial charge in [-0.3, -0.25) is 9.40 Å². The molecule has 0 bridgehead atoms. The maximum atomic E-state index is 11.9. The lowest BCUT2D eigenvalue weighted by molar-refractivity contribution is 0.393. The molecule has 0 amide bonds. The van der Waals surface area contributed by atoms with Gasteiger partial charge in [-0.25, -0.2) is 8.42 Å². The van der Waals surface area contributed by atoms with Crippen molar-refractivity contribution in [1.82, 2.24) is 15.1 Å². The molecule has 102 valence electrons. The van der Waals surface area contributed by atoms with Crippen LogP contribution in [0.4, 0.5) is 5.82 Å². The first-order chi connectivity index (χ1) is 8.55. The van der Waals surface area contributed by atoms with Gasteiger partial charge in [-0.05, 0) is 25.8 Å². The van der Waals surface area contributed by atoms with E-state index in [1.54, 1.807) is 24.0 Å². The lowest BCUT2D eigenvalue weighted by Gasteiger charge is -2.23. The van der Waals surface area contributed by atoms with E-state index < -0.39 is 10.0 Å². The maximum absolute atomic E-state index is 11.9. The zero-order valence-corrected chi connectivity index (χ0v) is 11.4. The fourth-order valence-corrected chi connectivity index (χ4v) is 3.27. The number of anilines is 1. The molecule has 1 aliphatic rings. The molecule has 0 aromatic carbocycles. The molecule has 0 radical (unpaired) electrons. The molecule has 1 saturated heterocycles. The predicted octanol–water partition coefficient (Wildman–Crippen LogP) is 0.694. The molecule has 0 spiro atoms. The van der Waals surface area contributed by atoms with E-state index in [0.717, 1.165) is 13.0 Å². The second kappa shape index (κ2) is 5.71. The van der Waals surface area contributed by atoms with Crippen LogP contribution in [0.5, 0.6) is 0 Å². The molecule has 6 nitrogen and oxygen atoms in total. The summed E-state index contributed by atoms with van der Waals surface area (Å²) in [7, 11) is -1.53. The molecule has 7 heteroatoms. The van der Waals surface area contributed by atoms with Crippen LogP contribution in [-0.4, -0.2) is 36.5 Å². The fraction of sp³-hybridized carbons (Fsp3) is 0.727. The fourth-order valence-electron chi connectivity index (χ4n) is 2.15. The highest BCUT2D eigenvalue weighted by Crippen LogP contribution is 2.12. The normalized spacial score (nSPS) is 20.8. The summed E-state index contributed by atoms with van der Waals surface area (Å²) in [6.07, 6.45) is 5.81. The maximum Gasteiger partial charge on any atom is 0.233 e. The van der Waals surface area contributed by atoms with Gasteiger partial charge >= 0.3 is 0 Å². The number of aromatic nitrogens is 2. The SMILES string of the molecule is Cn1ccc(NS(=O)(=O)CCC2CCCCN2)n1. The third-order valence-electron chi connectivity index (χ3n) is 3.12. The Bertz CT molecular complexity index is 477. The Hall–Kier alpha value is -1.08. The van der Waals surface area contributed by atoms with Gasteiger partial charge in [0.25, 0.3) is 0 Å². The topological polar surface area (TPSA) is 76.0 Å². The predicted molar refractivity (Wildman–Crippen MR) is 70.9 cm³/mol. The Morgan fingerprint density at radius 1 is 1.56 bits per heavy atom. The third kappa shape index (κ3) is 3.99. The summed E-state index contributed by atoms with van der Waals surface area (Å²) in [5.74, 6) is 0.524. The number of sulfonamides is 1. The van der Waals surface area contributed by atoms with Crippen molar-refractivity contribution in [3.63, 3.8) is 0 Å². The Labute approximate surface area is 108 Å². The molecular formula is C11H20N4O2S. The Morgan fingerprint density at radius 3 is 3.00 bits per heavy atom. The van der Waals surface area contributed by atoms with Crippen molar-refractivity contribution in [3.05, 3.63) is 12.3 Å². The summed E-state index contributed by atoms with van der Waals surface area (Å²) >= 11 is 0. The molecule has 1 unspecified atom stereocenters. The van der Waals surface area contributed by atoms with Crippen LogP contribution in [-0.2, 0) is 17.1 Å². The standard InChI is InChI=1S/C11H20N4O2S/c1-15-8-5-11(13-15)14-18(16,17)9-6-10-4-2-3-7-12-10/h5,8,10,12H,2-4,6-7,9H2,1H3,(H,13,14). The second-order valence-electron chi connectivity index (χ2n) is 4.73. The minimum absolute atomic E-state index is 0.140. The molecule has 1 atom stereocenters. The summed E-state index contributed by atoms with van der Waals surface area (Å²) in [5.41, 5.74) is 0. The first-order valence-corrected chi connectivity index (χ1v) is 7.94. The third-order valence-corrected chi connectivity index (χ3v) is 4.41. The van der Waals surface area contributed by atoms with Gasteiger partial charge in [0, 0.05) is 25.4 Å². The molecule has 2 heterocycles. The quantitative estimate of drug-likeness (QED) is 0.827. The van der Waals surface area contributed by atoms with E-state index in [0.29, 0.717) is 18.3 Å². The first-order valence-electron chi connectivity index (χ1n) is 6.29. The van der Waals surface area contributed by atoms with Crippen LogP contribution in [0.1, 0.15) is 25.7 Å². The Kier molecular flexibility index (Phi) is 4.23. The summed E-state index contributed by atoms with van der Waals surface area (Å²) in [6.45, 7) is 0.998. The van der Waals surface area contributed by atoms with Gasteiger partial charge in [0.05, 0.1) is 5.75 Å². The molecule has 1 aliphatic heterocycles. The minimum Gasteiger partial charge on any atom is -0.314 e. The van der Waals surface area contributed by atoms with Crippen LogP contribution in [0.25, 0.3) is 0 Å². The monoisotopic (exact) mass is 272 g/mol. The molecule has 1 aromatic heterocycles. The van der Waals surface area contributed by atoms with E-state index in [4.69, 9.17) is 0 Å². The number of piperidine rings is 1. The summed E-state index contributed by atoms with van der Waals surface area (Å²) in [6, 6.07) is 1.98. The van der Waals surface area contributed by atoms with Crippen molar-refractivity contribution in [2.45, 2.75) is 31.7 Å². The van der Waals surface area contributed by atoms with Crippen molar-refractivity contribution in [3.8, 4) is 0 Å². The number of aryl methyl sites for hydroxylation is 1. The van der Waals surface area contributed by atoms with E-state index in [1.807, 2.05) is 0 Å². The molecule has 1 aromatic rings. The summed E-state index contributed by atoms with van der Waals surface area (Å²) in [5, 5.41) is 7.35. The van der Waals surface area contributed by atoms with Gasteiger partial charge in [0.1, 0.15) is 0 Å². The summed E-state index contributed by atoms with van der Waals surface area (Å²) in [4.78, 5) is 0. The van der Waals surface area contributed by atoms with Crippen molar-refractivity contribution in [1.29, 1.82) is 0 Å². The molecule has 2 N–H and O–H groups in total. The molecule has 0 aliphatic carbocycles. The van der Waals surface area contributed by atoms with E-state index in [2.05, 4.69) is 15.1 Å². The number of nitrogens with one attached hydrogen (secondary N) is 2. The Balaban J connectivity index is 1.83. The first kappa shape index (κ1) is 13.4. The van der Waals surface area contributed by atoms with Gasteiger partial charge in [-0.1, -0.05) is 6.42 Å². The Morgan fingerprint density at radius 2 is 2.39 bits per heavy atom. The van der Waals surface area contributed by atoms with Gasteiger partial charge in [0.2, 0.25) is 10.0 Å². The largest absolute Gasteiger partial charge is 0.314 e. The average molecular weight is 272 g/mol. The lowest BCUT2D eigenvalue weighted by Crippen LogP contribution is -2.36. The smallest absolute Gasteiger partial charge is 0.233 e. The average Bonchev–Trinajstić information content (AvgIpc) is 2.73. The van der Waals surface area contributed by atoms with E-state index in [1.165, 1.54) is 12.8 Å². The highest BCUT2D eigenvalue weighted by atomic mass is 32.2. The van der Waals surface area contributed by atoms with Gasteiger partial charge in [-0.15, -0.1) is 0 Å². The van der Waals surface area contributed by atoms with Crippen LogP contribution < -0.4 is 10.0 Å². The minimum atomic E-state index is -3.29. The van der Waals surface area contributed by atoms with Crippen molar-refractivity contribution in [2.75, 3.05) is 17.0 Å². The van der Waals surface area contributed by atoms with Crippen LogP contribution in [0.2, 0.25) is 0 Å². The van der Waals surface area contributed by atoms with Crippen molar-refractivity contribution in [2.24, 2.45) is 7.05 Å². The number of rotatable bonds is 5. The van der Waals surface area contributed by atoms with E-state index >= 15 is 0 Å². The highest BCUT2D eigenvalue weighted by molar-refractivity contribution is 7.92. The van der Waals surface area contributed by atoms with Crippen LogP contribution in [0.15, 0.2) is 12.3 Å². The lowest BCUT2D eigenvalue weighted by atomic mass is 10.0. The number of nitrogens with zero attached hydrogens (tertiary/aromatic N) is 2. The number of hydrogen-bond donors (Lipinski definition) is 2. The van der Waals surface area contributed by atoms with Crippen LogP contribution in [0.3, 0.4) is 0 Å². The van der Waals surface area contributed by atoms with Crippen molar-refractivity contribution < 1.29 is 8.42 Å². The van der Waals surface area contributed by atoms with Crippen molar-refractivity contribution >= 4 is 15.8 Å². The highest BCUT2D eigenvalue weighted by Gasteiger charge is 2.17. The number of hydrogen-bond acceptors (Lipinski definition) is 4. The molecular weight excluding hydrogens is 252 g/mol. The summed E-state index contributed by atoms with van der Waals surface area (Å²) < 4.78 is 27.8. The molecule has 0 saturated carbocycles. The van der Waals surface area contributed by atoms with E-state index in [-0.39, 0.29) is 5.75 Å². The van der Waals surface area contributed by atoms with Gasteiger partial charge < -0.3 is 5.32 Å². The van der Waals surface area contributed by atoms with Crippen LogP contribution in [0, 0.1) is 0 Å². The van der Waals surface area contributed by atoms with Crippen LogP contribution >= 0.6 is 0 Å². The van der Waals surface area contributed by atoms with E-state index in [9.17, 15) is 8.42 Å². The molecule has 18 heavy (non-hydrogen) atoms. The molecule has 1 fully saturated rings. The van der Waals surface area contributed by atoms with Gasteiger partial charge in [0.15, 0.2) is 5.82 Å². The zero-order chi connectivity index (χ0) is 13.0. The molecule has 2 rings (SSSR count). The second-order valence-corrected chi connectivity index (χ2v) is 6.57. The zero-order valence-electron chi connectivity index (χ0n) is 10.6. The van der Waals surface area contributed by atoms with Gasteiger partial charge in [-0.2, -0.15) is 5.10 Å².